The molecular formula is C11H27BO21P6. The fraction of sp³-hybridized carbons (Fsp3) is 1.00. The number of unbranched alkanes of at least 4 members (excludes halogenated alkanes) is 3. The van der Waals surface area contributed by atoms with Crippen LogP contribution >= 0.6 is 46.9 Å². The second kappa shape index (κ2) is 15.0. The molecule has 7 N–H and O–H groups in total. The van der Waals surface area contributed by atoms with Gasteiger partial charge in [-0.2, -0.15) is 21.6 Å². The smallest absolute Gasteiger partial charge is 0.390 e. The Morgan fingerprint density at radius 2 is 1.10 bits per heavy atom. The summed E-state index contributed by atoms with van der Waals surface area (Å²) in [4.78, 5) is 56.6. The molecule has 0 aromatic carbocycles. The third-order valence-electron chi connectivity index (χ3n) is 3.94. The van der Waals surface area contributed by atoms with E-state index in [1.165, 1.54) is 0 Å². The zero-order valence-corrected chi connectivity index (χ0v) is 25.2. The van der Waals surface area contributed by atoms with Crippen molar-refractivity contribution in [1.82, 2.24) is 0 Å². The predicted octanol–water partition coefficient (Wildman–Crippen LogP) is 1.93. The summed E-state index contributed by atoms with van der Waals surface area (Å²) in [5.41, 5.74) is 0. The molecular weight excluding hydrogens is 665 g/mol. The molecule has 2 radical (unpaired) electrons. The minimum atomic E-state index is -6.34. The van der Waals surface area contributed by atoms with Gasteiger partial charge in [0.05, 0.1) is 19.3 Å². The summed E-state index contributed by atoms with van der Waals surface area (Å²) in [6, 6.07) is -0.958. The number of hydrogen-bond acceptors (Lipinski definition) is 15. The van der Waals surface area contributed by atoms with Crippen molar-refractivity contribution in [3.8, 4) is 0 Å². The average Bonchev–Trinajstić information content (AvgIpc) is 2.98. The molecule has 1 fully saturated rings. The predicted molar refractivity (Wildman–Crippen MR) is 125 cm³/mol. The first kappa shape index (κ1) is 37.9. The molecule has 0 aromatic rings. The van der Waals surface area contributed by atoms with Gasteiger partial charge >= 0.3 is 46.9 Å². The van der Waals surface area contributed by atoms with Crippen LogP contribution in [0.25, 0.3) is 0 Å². The third kappa shape index (κ3) is 16.3. The molecule has 21 nitrogen and oxygen atoms in total. The van der Waals surface area contributed by atoms with Crippen molar-refractivity contribution in [3.05, 3.63) is 0 Å². The van der Waals surface area contributed by atoms with E-state index in [4.69, 9.17) is 12.6 Å². The van der Waals surface area contributed by atoms with Crippen LogP contribution < -0.4 is 0 Å². The fourth-order valence-electron chi connectivity index (χ4n) is 2.55. The standard InChI is InChI=1S/C11H27BO21P6/c1-2-3-4-5-6-26-34(14,15)29-36(18,19)31-38(22,23)33-39(24,25)32-37(20,21)30-35(16,17)27-8-10-9(13)7-11(12)28-10/h9-11,13H,2-8H2,1H3,(H,14,15)(H,16,17)(H,18,19)(H,20,21)(H,22,23)(H,24,25)/t9-,10?,11-/m1/s1. The molecule has 1 heterocycles. The highest BCUT2D eigenvalue weighted by Gasteiger charge is 2.49. The summed E-state index contributed by atoms with van der Waals surface area (Å²) >= 11 is 0. The minimum absolute atomic E-state index is 0.0890. The summed E-state index contributed by atoms with van der Waals surface area (Å²) < 4.78 is 102. The van der Waals surface area contributed by atoms with E-state index < -0.39 is 78.4 Å². The van der Waals surface area contributed by atoms with Crippen LogP contribution in [-0.4, -0.2) is 73.7 Å². The summed E-state index contributed by atoms with van der Waals surface area (Å²) in [7, 11) is -30.5. The van der Waals surface area contributed by atoms with Crippen molar-refractivity contribution in [3.63, 3.8) is 0 Å². The van der Waals surface area contributed by atoms with Gasteiger partial charge in [0.25, 0.3) is 0 Å². The Hall–Kier alpha value is 0.845. The second-order valence-electron chi connectivity index (χ2n) is 7.43. The van der Waals surface area contributed by atoms with E-state index >= 15 is 0 Å². The molecule has 1 aliphatic rings. The molecule has 0 saturated carbocycles. The molecule has 0 bridgehead atoms. The van der Waals surface area contributed by atoms with Gasteiger partial charge in [-0.05, 0) is 12.8 Å². The fourth-order valence-corrected chi connectivity index (χ4v) is 10.4. The molecule has 0 amide bonds. The Kier molecular flexibility index (Phi) is 14.6. The highest BCUT2D eigenvalue weighted by Crippen LogP contribution is 2.75. The topological polar surface area (TPSA) is 318 Å². The number of aliphatic hydroxyl groups excluding tert-OH is 1. The number of hydrogen-bond donors (Lipinski definition) is 7. The van der Waals surface area contributed by atoms with Gasteiger partial charge in [-0.15, -0.1) is 0 Å². The van der Waals surface area contributed by atoms with Gasteiger partial charge in [-0.3, -0.25) is 9.05 Å². The van der Waals surface area contributed by atoms with E-state index in [0.29, 0.717) is 6.42 Å². The maximum Gasteiger partial charge on any atom is 0.490 e. The van der Waals surface area contributed by atoms with Crippen LogP contribution in [0, 0.1) is 0 Å². The van der Waals surface area contributed by atoms with Gasteiger partial charge < -0.3 is 39.2 Å². The Balaban J connectivity index is 2.71. The number of rotatable bonds is 19. The highest BCUT2D eigenvalue weighted by molar-refractivity contribution is 7.72. The van der Waals surface area contributed by atoms with E-state index in [-0.39, 0.29) is 12.8 Å². The zero-order chi connectivity index (χ0) is 30.3. The first-order valence-corrected chi connectivity index (χ1v) is 19.4. The van der Waals surface area contributed by atoms with Crippen LogP contribution in [0.5, 0.6) is 0 Å². The summed E-state index contributed by atoms with van der Waals surface area (Å²) in [5, 5.41) is 9.60. The van der Waals surface area contributed by atoms with Gasteiger partial charge in [0.2, 0.25) is 0 Å². The SMILES string of the molecule is [B][C@H]1C[C@@H](O)C(COP(=O)(O)OP(=O)(O)OP(=O)(O)OP(=O)(O)OP(=O)(O)OP(=O)(O)OCCCCCC)O1. The van der Waals surface area contributed by atoms with Gasteiger partial charge in [0.15, 0.2) is 0 Å². The monoisotopic (exact) mass is 692 g/mol. The van der Waals surface area contributed by atoms with Crippen molar-refractivity contribution in [1.29, 1.82) is 0 Å². The van der Waals surface area contributed by atoms with Crippen molar-refractivity contribution in [2.24, 2.45) is 0 Å². The first-order valence-electron chi connectivity index (χ1n) is 10.4. The highest BCUT2D eigenvalue weighted by atomic mass is 31.3. The summed E-state index contributed by atoms with van der Waals surface area (Å²) in [5.74, 6) is 0. The lowest BCUT2D eigenvalue weighted by Crippen LogP contribution is -2.26. The van der Waals surface area contributed by atoms with E-state index in [1.54, 1.807) is 0 Å². The lowest BCUT2D eigenvalue weighted by atomic mass is 9.96. The molecule has 1 saturated heterocycles. The number of phosphoric ester groups is 2. The van der Waals surface area contributed by atoms with E-state index in [0.717, 1.165) is 12.8 Å². The van der Waals surface area contributed by atoms with Crippen molar-refractivity contribution < 1.29 is 97.2 Å². The Bertz CT molecular complexity index is 1100. The Morgan fingerprint density at radius 3 is 1.49 bits per heavy atom. The summed E-state index contributed by atoms with van der Waals surface area (Å²) in [6.45, 7) is 0.500. The summed E-state index contributed by atoms with van der Waals surface area (Å²) in [6.07, 6.45) is -0.301. The van der Waals surface area contributed by atoms with Gasteiger partial charge in [0, 0.05) is 6.00 Å². The van der Waals surface area contributed by atoms with Crippen LogP contribution in [-0.2, 0) is 62.7 Å². The zero-order valence-electron chi connectivity index (χ0n) is 19.8. The molecule has 0 aromatic heterocycles. The van der Waals surface area contributed by atoms with Gasteiger partial charge in [-0.25, -0.2) is 27.4 Å². The van der Waals surface area contributed by atoms with Crippen LogP contribution in [0.3, 0.4) is 0 Å². The van der Waals surface area contributed by atoms with Crippen LogP contribution in [0.4, 0.5) is 0 Å². The van der Waals surface area contributed by atoms with E-state index in [2.05, 4.69) is 30.6 Å². The van der Waals surface area contributed by atoms with Gasteiger partial charge in [0.1, 0.15) is 14.0 Å². The molecule has 230 valence electrons. The maximum atomic E-state index is 11.8. The number of aliphatic hydroxyl groups is 1. The molecule has 9 atom stereocenters. The molecule has 1 aliphatic heterocycles. The van der Waals surface area contributed by atoms with Gasteiger partial charge in [-0.1, -0.05) is 26.2 Å². The largest absolute Gasteiger partial charge is 0.490 e. The average molecular weight is 692 g/mol. The van der Waals surface area contributed by atoms with Crippen molar-refractivity contribution in [2.75, 3.05) is 13.2 Å². The molecule has 0 aliphatic carbocycles. The normalized spacial score (nSPS) is 29.3. The quantitative estimate of drug-likeness (QED) is 0.0577. The van der Waals surface area contributed by atoms with Crippen molar-refractivity contribution in [2.45, 2.75) is 57.2 Å². The molecule has 1 rings (SSSR count). The van der Waals surface area contributed by atoms with Crippen LogP contribution in [0.15, 0.2) is 0 Å². The lowest BCUT2D eigenvalue weighted by Gasteiger charge is -2.21. The van der Waals surface area contributed by atoms with Crippen LogP contribution in [0.1, 0.15) is 39.0 Å². The molecule has 0 spiro atoms. The minimum Gasteiger partial charge on any atom is -0.390 e. The number of ether oxygens (including phenoxy) is 1. The van der Waals surface area contributed by atoms with Crippen molar-refractivity contribution >= 4 is 54.8 Å². The van der Waals surface area contributed by atoms with E-state index in [9.17, 15) is 61.9 Å². The lowest BCUT2D eigenvalue weighted by molar-refractivity contribution is -0.00418. The Labute approximate surface area is 222 Å². The molecule has 7 unspecified atom stereocenters. The maximum absolute atomic E-state index is 11.8. The first-order chi connectivity index (χ1) is 17.5. The number of phosphoric acid groups is 6. The van der Waals surface area contributed by atoms with Crippen LogP contribution in [0.2, 0.25) is 0 Å². The third-order valence-corrected chi connectivity index (χ3v) is 13.2. The Morgan fingerprint density at radius 1 is 0.692 bits per heavy atom. The second-order valence-corrected chi connectivity index (χ2v) is 16.8. The van der Waals surface area contributed by atoms with E-state index in [1.807, 2.05) is 6.92 Å². The molecule has 39 heavy (non-hydrogen) atoms. The molecule has 28 heteroatoms.